The third-order valence-corrected chi connectivity index (χ3v) is 3.90. The maximum Gasteiger partial charge on any atom is 0.141 e. The van der Waals surface area contributed by atoms with E-state index in [9.17, 15) is 4.39 Å². The third kappa shape index (κ3) is 2.94. The van der Waals surface area contributed by atoms with E-state index < -0.39 is 0 Å². The number of nitrogens with zero attached hydrogens (tertiary/aromatic N) is 1. The van der Waals surface area contributed by atoms with E-state index in [0.717, 1.165) is 12.1 Å². The molecule has 0 saturated heterocycles. The number of aryl methyl sites for hydroxylation is 1. The lowest BCUT2D eigenvalue weighted by Crippen LogP contribution is -2.12. The molecule has 0 aliphatic rings. The smallest absolute Gasteiger partial charge is 0.141 e. The molecule has 0 aliphatic carbocycles. The number of nitrogens with one attached hydrogen (secondary N) is 1. The van der Waals surface area contributed by atoms with Crippen molar-refractivity contribution < 1.29 is 4.39 Å². The zero-order valence-corrected chi connectivity index (χ0v) is 12.5. The molecule has 0 spiro atoms. The molecule has 0 amide bonds. The summed E-state index contributed by atoms with van der Waals surface area (Å²) in [4.78, 5) is 0. The van der Waals surface area contributed by atoms with Crippen LogP contribution in [0, 0.1) is 5.82 Å². The first kappa shape index (κ1) is 14.1. The van der Waals surface area contributed by atoms with Crippen molar-refractivity contribution in [3.63, 3.8) is 0 Å². The van der Waals surface area contributed by atoms with Gasteiger partial charge in [-0.3, -0.25) is 0 Å². The Balaban J connectivity index is 1.70. The summed E-state index contributed by atoms with van der Waals surface area (Å²) in [5, 5.41) is 4.80. The van der Waals surface area contributed by atoms with Gasteiger partial charge in [0.05, 0.1) is 5.02 Å². The quantitative estimate of drug-likeness (QED) is 0.762. The van der Waals surface area contributed by atoms with Crippen molar-refractivity contribution in [1.29, 1.82) is 0 Å². The average molecular weight is 303 g/mol. The predicted octanol–water partition coefficient (Wildman–Crippen LogP) is 4.26. The topological polar surface area (TPSA) is 17.0 Å². The fourth-order valence-corrected chi connectivity index (χ4v) is 2.76. The summed E-state index contributed by atoms with van der Waals surface area (Å²) in [5.41, 5.74) is 3.45. The molecule has 2 nitrogen and oxygen atoms in total. The van der Waals surface area contributed by atoms with Gasteiger partial charge in [-0.2, -0.15) is 0 Å². The van der Waals surface area contributed by atoms with Crippen LogP contribution in [0.25, 0.3) is 10.9 Å². The van der Waals surface area contributed by atoms with Gasteiger partial charge in [-0.1, -0.05) is 35.9 Å². The number of rotatable bonds is 4. The van der Waals surface area contributed by atoms with Crippen LogP contribution in [0.15, 0.2) is 48.7 Å². The molecule has 2 aromatic carbocycles. The second-order valence-corrected chi connectivity index (χ2v) is 5.54. The van der Waals surface area contributed by atoms with Crippen LogP contribution in [0.5, 0.6) is 0 Å². The molecule has 0 fully saturated rings. The van der Waals surface area contributed by atoms with Crippen LogP contribution in [-0.4, -0.2) is 4.57 Å². The van der Waals surface area contributed by atoms with E-state index in [1.54, 1.807) is 12.1 Å². The fourth-order valence-electron chi connectivity index (χ4n) is 2.56. The Kier molecular flexibility index (Phi) is 3.95. The van der Waals surface area contributed by atoms with E-state index in [1.165, 1.54) is 22.5 Å². The van der Waals surface area contributed by atoms with Crippen molar-refractivity contribution in [1.82, 2.24) is 9.88 Å². The van der Waals surface area contributed by atoms with Crippen molar-refractivity contribution in [2.45, 2.75) is 13.1 Å². The molecule has 0 atom stereocenters. The minimum Gasteiger partial charge on any atom is -0.350 e. The first-order valence-corrected chi connectivity index (χ1v) is 7.20. The molecule has 3 rings (SSSR count). The molecule has 3 aromatic rings. The van der Waals surface area contributed by atoms with E-state index in [2.05, 4.69) is 28.2 Å². The summed E-state index contributed by atoms with van der Waals surface area (Å²) < 4.78 is 15.2. The van der Waals surface area contributed by atoms with Crippen molar-refractivity contribution in [2.75, 3.05) is 0 Å². The molecule has 0 unspecified atom stereocenters. The van der Waals surface area contributed by atoms with Gasteiger partial charge in [0.15, 0.2) is 0 Å². The van der Waals surface area contributed by atoms with Gasteiger partial charge >= 0.3 is 0 Å². The molecule has 0 saturated carbocycles. The maximum absolute atomic E-state index is 13.1. The van der Waals surface area contributed by atoms with Gasteiger partial charge < -0.3 is 9.88 Å². The Hall–Kier alpha value is -1.84. The lowest BCUT2D eigenvalue weighted by Gasteiger charge is -2.05. The molecule has 4 heteroatoms. The lowest BCUT2D eigenvalue weighted by atomic mass is 10.1. The van der Waals surface area contributed by atoms with Gasteiger partial charge in [-0.05, 0) is 29.3 Å². The predicted molar refractivity (Wildman–Crippen MR) is 84.9 cm³/mol. The average Bonchev–Trinajstić information content (AvgIpc) is 2.80. The molecular formula is C17H16ClFN2. The molecular weight excluding hydrogens is 287 g/mol. The largest absolute Gasteiger partial charge is 0.350 e. The fraction of sp³-hybridized carbons (Fsp3) is 0.176. The summed E-state index contributed by atoms with van der Waals surface area (Å²) in [6, 6.07) is 13.1. The van der Waals surface area contributed by atoms with E-state index in [-0.39, 0.29) is 10.8 Å². The van der Waals surface area contributed by atoms with Crippen LogP contribution >= 0.6 is 11.6 Å². The standard InChI is InChI=1S/C17H16ClFN2/c1-21-11-13(14-4-2-3-5-17(14)21)10-20-9-12-6-7-16(19)15(18)8-12/h2-8,11,20H,9-10H2,1H3. The first-order valence-electron chi connectivity index (χ1n) is 6.83. The zero-order valence-electron chi connectivity index (χ0n) is 11.7. The van der Waals surface area contributed by atoms with Gasteiger partial charge in [0, 0.05) is 37.2 Å². The number of aromatic nitrogens is 1. The Bertz CT molecular complexity index is 780. The molecule has 1 heterocycles. The molecule has 21 heavy (non-hydrogen) atoms. The van der Waals surface area contributed by atoms with Crippen molar-refractivity contribution in [2.24, 2.45) is 7.05 Å². The zero-order chi connectivity index (χ0) is 14.8. The van der Waals surface area contributed by atoms with Crippen LogP contribution in [0.3, 0.4) is 0 Å². The SMILES string of the molecule is Cn1cc(CNCc2ccc(F)c(Cl)c2)c2ccccc21. The summed E-state index contributed by atoms with van der Waals surface area (Å²) in [5.74, 6) is -0.380. The summed E-state index contributed by atoms with van der Waals surface area (Å²) in [7, 11) is 2.05. The van der Waals surface area contributed by atoms with Crippen LogP contribution < -0.4 is 5.32 Å². The van der Waals surface area contributed by atoms with Gasteiger partial charge in [0.1, 0.15) is 5.82 Å². The third-order valence-electron chi connectivity index (χ3n) is 3.61. The molecule has 1 aromatic heterocycles. The second kappa shape index (κ2) is 5.88. The molecule has 108 valence electrons. The Morgan fingerprint density at radius 3 is 2.76 bits per heavy atom. The van der Waals surface area contributed by atoms with Crippen molar-refractivity contribution in [3.05, 3.63) is 70.6 Å². The van der Waals surface area contributed by atoms with E-state index in [1.807, 2.05) is 19.2 Å². The Morgan fingerprint density at radius 1 is 1.14 bits per heavy atom. The molecule has 1 N–H and O–H groups in total. The minimum absolute atomic E-state index is 0.166. The number of benzene rings is 2. The van der Waals surface area contributed by atoms with Crippen LogP contribution in [0.1, 0.15) is 11.1 Å². The highest BCUT2D eigenvalue weighted by Crippen LogP contribution is 2.20. The number of hydrogen-bond acceptors (Lipinski definition) is 1. The van der Waals surface area contributed by atoms with Gasteiger partial charge in [0.25, 0.3) is 0 Å². The minimum atomic E-state index is -0.380. The number of hydrogen-bond donors (Lipinski definition) is 1. The molecule has 0 bridgehead atoms. The van der Waals surface area contributed by atoms with Gasteiger partial charge in [-0.15, -0.1) is 0 Å². The van der Waals surface area contributed by atoms with Crippen LogP contribution in [0.2, 0.25) is 5.02 Å². The van der Waals surface area contributed by atoms with Gasteiger partial charge in [-0.25, -0.2) is 4.39 Å². The van der Waals surface area contributed by atoms with Crippen LogP contribution in [0.4, 0.5) is 4.39 Å². The monoisotopic (exact) mass is 302 g/mol. The highest BCUT2D eigenvalue weighted by atomic mass is 35.5. The highest BCUT2D eigenvalue weighted by molar-refractivity contribution is 6.30. The lowest BCUT2D eigenvalue weighted by molar-refractivity contribution is 0.625. The van der Waals surface area contributed by atoms with E-state index in [4.69, 9.17) is 11.6 Å². The van der Waals surface area contributed by atoms with Gasteiger partial charge in [0.2, 0.25) is 0 Å². The number of fused-ring (bicyclic) bond motifs is 1. The van der Waals surface area contributed by atoms with Crippen molar-refractivity contribution >= 4 is 22.5 Å². The van der Waals surface area contributed by atoms with Crippen LogP contribution in [-0.2, 0) is 20.1 Å². The van der Waals surface area contributed by atoms with E-state index >= 15 is 0 Å². The van der Waals surface area contributed by atoms with E-state index in [0.29, 0.717) is 6.54 Å². The Morgan fingerprint density at radius 2 is 1.95 bits per heavy atom. The maximum atomic E-state index is 13.1. The van der Waals surface area contributed by atoms with Crippen molar-refractivity contribution in [3.8, 4) is 0 Å². The first-order chi connectivity index (χ1) is 10.1. The summed E-state index contributed by atoms with van der Waals surface area (Å²) in [6.45, 7) is 1.42. The number of halogens is 2. The highest BCUT2D eigenvalue weighted by Gasteiger charge is 2.06. The second-order valence-electron chi connectivity index (χ2n) is 5.13. The molecule has 0 aliphatic heterocycles. The normalized spacial score (nSPS) is 11.2. The molecule has 0 radical (unpaired) electrons. The number of para-hydroxylation sites is 1. The summed E-state index contributed by atoms with van der Waals surface area (Å²) >= 11 is 5.79. The summed E-state index contributed by atoms with van der Waals surface area (Å²) in [6.07, 6.45) is 2.13. The Labute approximate surface area is 128 Å².